The summed E-state index contributed by atoms with van der Waals surface area (Å²) in [5.41, 5.74) is 0.889. The van der Waals surface area contributed by atoms with Gasteiger partial charge < -0.3 is 4.74 Å². The van der Waals surface area contributed by atoms with E-state index >= 15 is 0 Å². The molecule has 1 atom stereocenters. The average Bonchev–Trinajstić information content (AvgIpc) is 2.29. The molecule has 0 aliphatic rings. The molecule has 0 saturated heterocycles. The number of hydrogen-bond acceptors (Lipinski definition) is 3. The summed E-state index contributed by atoms with van der Waals surface area (Å²) in [6.45, 7) is 3.87. The molecule has 0 heterocycles. The second-order valence-corrected chi connectivity index (χ2v) is 4.09. The van der Waals surface area contributed by atoms with Crippen molar-refractivity contribution in [2.24, 2.45) is 0 Å². The molecule has 1 unspecified atom stereocenters. The van der Waals surface area contributed by atoms with E-state index in [2.05, 4.69) is 15.9 Å². The molecular formula is C11H14BrNO3. The van der Waals surface area contributed by atoms with Crippen LogP contribution in [0.2, 0.25) is 0 Å². The number of nitro benzene ring substituents is 1. The minimum Gasteiger partial charge on any atom is -0.484 e. The van der Waals surface area contributed by atoms with Crippen LogP contribution in [0.1, 0.15) is 25.8 Å². The Morgan fingerprint density at radius 2 is 2.25 bits per heavy atom. The highest BCUT2D eigenvalue weighted by molar-refractivity contribution is 9.08. The maximum atomic E-state index is 10.9. The lowest BCUT2D eigenvalue weighted by atomic mass is 10.2. The molecule has 4 nitrogen and oxygen atoms in total. The number of hydrogen-bond donors (Lipinski definition) is 0. The molecule has 0 amide bonds. The second-order valence-electron chi connectivity index (χ2n) is 3.53. The van der Waals surface area contributed by atoms with Crippen molar-refractivity contribution in [1.29, 1.82) is 0 Å². The van der Waals surface area contributed by atoms with Gasteiger partial charge in [0.2, 0.25) is 0 Å². The Bertz CT molecular complexity index is 381. The van der Waals surface area contributed by atoms with Crippen molar-refractivity contribution in [3.8, 4) is 5.75 Å². The average molecular weight is 288 g/mol. The first-order valence-electron chi connectivity index (χ1n) is 5.08. The molecule has 0 aromatic heterocycles. The van der Waals surface area contributed by atoms with Crippen molar-refractivity contribution in [2.45, 2.75) is 31.7 Å². The van der Waals surface area contributed by atoms with Gasteiger partial charge in [-0.3, -0.25) is 10.1 Å². The SMILES string of the molecule is CCC(C)Oc1ccc(CBr)cc1[N+](=O)[O-]. The molecule has 1 aromatic carbocycles. The van der Waals surface area contributed by atoms with E-state index in [1.54, 1.807) is 6.07 Å². The van der Waals surface area contributed by atoms with Crippen LogP contribution in [-0.4, -0.2) is 11.0 Å². The van der Waals surface area contributed by atoms with E-state index in [-0.39, 0.29) is 11.8 Å². The van der Waals surface area contributed by atoms with Crippen LogP contribution in [0.4, 0.5) is 5.69 Å². The van der Waals surface area contributed by atoms with Gasteiger partial charge in [-0.1, -0.05) is 28.9 Å². The Morgan fingerprint density at radius 1 is 1.56 bits per heavy atom. The summed E-state index contributed by atoms with van der Waals surface area (Å²) >= 11 is 3.27. The lowest BCUT2D eigenvalue weighted by Gasteiger charge is -2.12. The standard InChI is InChI=1S/C11H14BrNO3/c1-3-8(2)16-11-5-4-9(7-12)6-10(11)13(14)15/h4-6,8H,3,7H2,1-2H3. The van der Waals surface area contributed by atoms with Gasteiger partial charge >= 0.3 is 5.69 Å². The first-order chi connectivity index (χ1) is 7.58. The lowest BCUT2D eigenvalue weighted by Crippen LogP contribution is -2.11. The van der Waals surface area contributed by atoms with E-state index in [1.807, 2.05) is 19.9 Å². The normalized spacial score (nSPS) is 12.2. The van der Waals surface area contributed by atoms with Crippen LogP contribution in [0.5, 0.6) is 5.75 Å². The van der Waals surface area contributed by atoms with Crippen molar-refractivity contribution >= 4 is 21.6 Å². The van der Waals surface area contributed by atoms with Crippen LogP contribution in [0, 0.1) is 10.1 Å². The Labute approximate surface area is 103 Å². The predicted octanol–water partition coefficient (Wildman–Crippen LogP) is 3.67. The zero-order valence-electron chi connectivity index (χ0n) is 9.27. The number of alkyl halides is 1. The molecule has 5 heteroatoms. The zero-order chi connectivity index (χ0) is 12.1. The highest BCUT2D eigenvalue weighted by Crippen LogP contribution is 2.29. The molecule has 16 heavy (non-hydrogen) atoms. The van der Waals surface area contributed by atoms with Gasteiger partial charge in [0.25, 0.3) is 0 Å². The fourth-order valence-corrected chi connectivity index (χ4v) is 1.54. The Hall–Kier alpha value is -1.10. The third kappa shape index (κ3) is 3.20. The van der Waals surface area contributed by atoms with Crippen molar-refractivity contribution < 1.29 is 9.66 Å². The van der Waals surface area contributed by atoms with Crippen molar-refractivity contribution in [2.75, 3.05) is 0 Å². The van der Waals surface area contributed by atoms with E-state index < -0.39 is 4.92 Å². The van der Waals surface area contributed by atoms with E-state index in [9.17, 15) is 10.1 Å². The van der Waals surface area contributed by atoms with E-state index in [4.69, 9.17) is 4.74 Å². The molecule has 0 bridgehead atoms. The molecule has 0 fully saturated rings. The first kappa shape index (κ1) is 13.0. The third-order valence-electron chi connectivity index (χ3n) is 2.28. The molecular weight excluding hydrogens is 274 g/mol. The zero-order valence-corrected chi connectivity index (χ0v) is 10.9. The summed E-state index contributed by atoms with van der Waals surface area (Å²) in [7, 11) is 0. The Morgan fingerprint density at radius 3 is 2.75 bits per heavy atom. The highest BCUT2D eigenvalue weighted by Gasteiger charge is 2.17. The summed E-state index contributed by atoms with van der Waals surface area (Å²) in [5, 5.41) is 11.5. The molecule has 0 spiro atoms. The number of ether oxygens (including phenoxy) is 1. The predicted molar refractivity (Wildman–Crippen MR) is 66.1 cm³/mol. The Kier molecular flexibility index (Phi) is 4.73. The number of halogens is 1. The van der Waals surface area contributed by atoms with Crippen LogP contribution < -0.4 is 4.74 Å². The fourth-order valence-electron chi connectivity index (χ4n) is 1.19. The first-order valence-corrected chi connectivity index (χ1v) is 6.20. The summed E-state index contributed by atoms with van der Waals surface area (Å²) in [6.07, 6.45) is 0.797. The lowest BCUT2D eigenvalue weighted by molar-refractivity contribution is -0.386. The van der Waals surface area contributed by atoms with Gasteiger partial charge in [-0.25, -0.2) is 0 Å². The molecule has 0 aliphatic carbocycles. The van der Waals surface area contributed by atoms with Gasteiger partial charge in [-0.15, -0.1) is 0 Å². The number of rotatable bonds is 5. The second kappa shape index (κ2) is 5.84. The van der Waals surface area contributed by atoms with Crippen LogP contribution in [-0.2, 0) is 5.33 Å². The smallest absolute Gasteiger partial charge is 0.311 e. The third-order valence-corrected chi connectivity index (χ3v) is 2.92. The number of benzene rings is 1. The van der Waals surface area contributed by atoms with Gasteiger partial charge in [0.05, 0.1) is 11.0 Å². The van der Waals surface area contributed by atoms with Crippen LogP contribution in [0.3, 0.4) is 0 Å². The van der Waals surface area contributed by atoms with E-state index in [1.165, 1.54) is 6.07 Å². The molecule has 0 radical (unpaired) electrons. The largest absolute Gasteiger partial charge is 0.484 e. The monoisotopic (exact) mass is 287 g/mol. The van der Waals surface area contributed by atoms with E-state index in [0.29, 0.717) is 11.1 Å². The molecule has 0 saturated carbocycles. The quantitative estimate of drug-likeness (QED) is 0.472. The van der Waals surface area contributed by atoms with Gasteiger partial charge in [-0.05, 0) is 25.0 Å². The van der Waals surface area contributed by atoms with Crippen LogP contribution in [0.25, 0.3) is 0 Å². The molecule has 88 valence electrons. The maximum Gasteiger partial charge on any atom is 0.311 e. The number of nitro groups is 1. The number of nitrogens with zero attached hydrogens (tertiary/aromatic N) is 1. The van der Waals surface area contributed by atoms with Crippen LogP contribution in [0.15, 0.2) is 18.2 Å². The fraction of sp³-hybridized carbons (Fsp3) is 0.455. The topological polar surface area (TPSA) is 52.4 Å². The summed E-state index contributed by atoms with van der Waals surface area (Å²) < 4.78 is 5.50. The molecule has 1 rings (SSSR count). The Balaban J connectivity index is 3.03. The van der Waals surface area contributed by atoms with Gasteiger partial charge in [-0.2, -0.15) is 0 Å². The van der Waals surface area contributed by atoms with Crippen LogP contribution >= 0.6 is 15.9 Å². The van der Waals surface area contributed by atoms with Crippen molar-refractivity contribution in [3.05, 3.63) is 33.9 Å². The summed E-state index contributed by atoms with van der Waals surface area (Å²) in [5.74, 6) is 0.337. The molecule has 0 aliphatic heterocycles. The molecule has 0 N–H and O–H groups in total. The van der Waals surface area contributed by atoms with Gasteiger partial charge in [0, 0.05) is 11.4 Å². The van der Waals surface area contributed by atoms with Crippen molar-refractivity contribution in [3.63, 3.8) is 0 Å². The molecule has 1 aromatic rings. The van der Waals surface area contributed by atoms with E-state index in [0.717, 1.165) is 12.0 Å². The van der Waals surface area contributed by atoms with Crippen molar-refractivity contribution in [1.82, 2.24) is 0 Å². The van der Waals surface area contributed by atoms with Gasteiger partial charge in [0.1, 0.15) is 0 Å². The highest BCUT2D eigenvalue weighted by atomic mass is 79.9. The summed E-state index contributed by atoms with van der Waals surface area (Å²) in [6, 6.07) is 5.01. The van der Waals surface area contributed by atoms with Gasteiger partial charge in [0.15, 0.2) is 5.75 Å². The minimum atomic E-state index is -0.413. The summed E-state index contributed by atoms with van der Waals surface area (Å²) in [4.78, 5) is 10.5. The minimum absolute atomic E-state index is 0.0199. The maximum absolute atomic E-state index is 10.9.